The second kappa shape index (κ2) is 8.47. The molecule has 2 aliphatic rings. The van der Waals surface area contributed by atoms with Crippen molar-refractivity contribution in [2.45, 2.75) is 12.8 Å². The monoisotopic (exact) mass is 562 g/mol. The molecule has 2 aromatic rings. The molecular weight excluding hydrogens is 547 g/mol. The van der Waals surface area contributed by atoms with Gasteiger partial charge in [0.1, 0.15) is 0 Å². The van der Waals surface area contributed by atoms with Gasteiger partial charge in [-0.25, -0.2) is 0 Å². The summed E-state index contributed by atoms with van der Waals surface area (Å²) < 4.78 is 18.2. The predicted octanol–water partition coefficient (Wildman–Crippen LogP) is 7.34. The van der Waals surface area contributed by atoms with Gasteiger partial charge in [0.2, 0.25) is 0 Å². The van der Waals surface area contributed by atoms with Crippen LogP contribution < -0.4 is 5.63 Å². The van der Waals surface area contributed by atoms with Crippen LogP contribution in [0.3, 0.4) is 0 Å². The molecule has 2 nitrogen and oxygen atoms in total. The van der Waals surface area contributed by atoms with E-state index >= 15 is 0 Å². The number of rotatable bonds is 6. The molecular formula is C22H18Br2O2Zr. The van der Waals surface area contributed by atoms with Crippen molar-refractivity contribution in [3.8, 4) is 11.5 Å². The van der Waals surface area contributed by atoms with Crippen molar-refractivity contribution in [1.29, 1.82) is 0 Å². The number of halogens is 2. The zero-order valence-electron chi connectivity index (χ0n) is 14.6. The van der Waals surface area contributed by atoms with Crippen molar-refractivity contribution in [2.75, 3.05) is 0 Å². The minimum absolute atomic E-state index is 0.843. The Morgan fingerprint density at radius 2 is 1.19 bits per heavy atom. The van der Waals surface area contributed by atoms with Crippen LogP contribution in [0.2, 0.25) is 0 Å². The van der Waals surface area contributed by atoms with E-state index in [0.717, 1.165) is 33.3 Å². The molecule has 0 amide bonds. The summed E-state index contributed by atoms with van der Waals surface area (Å²) >= 11 is 3.23. The number of hydrogen-bond donors (Lipinski definition) is 0. The molecule has 0 aromatic heterocycles. The topological polar surface area (TPSA) is 18.5 Å². The average molecular weight is 565 g/mol. The van der Waals surface area contributed by atoms with Gasteiger partial charge in [-0.2, -0.15) is 0 Å². The quantitative estimate of drug-likeness (QED) is 0.365. The molecule has 0 spiro atoms. The minimum atomic E-state index is -3.88. The summed E-state index contributed by atoms with van der Waals surface area (Å²) in [7, 11) is 0. The molecule has 0 bridgehead atoms. The van der Waals surface area contributed by atoms with Crippen molar-refractivity contribution in [2.24, 2.45) is 0 Å². The molecule has 0 radical (unpaired) electrons. The maximum atomic E-state index is 6.82. The van der Waals surface area contributed by atoms with E-state index in [4.69, 9.17) is 5.63 Å². The molecule has 27 heavy (non-hydrogen) atoms. The van der Waals surface area contributed by atoms with E-state index in [1.165, 1.54) is 6.56 Å². The number of hydrogen-bond acceptors (Lipinski definition) is 2. The molecule has 0 aliphatic heterocycles. The second-order valence-corrected chi connectivity index (χ2v) is 15.4. The Labute approximate surface area is 182 Å². The third kappa shape index (κ3) is 4.31. The van der Waals surface area contributed by atoms with Crippen LogP contribution in [-0.4, -0.2) is 0 Å². The molecule has 2 aliphatic carbocycles. The van der Waals surface area contributed by atoms with Gasteiger partial charge in [0.25, 0.3) is 0 Å². The van der Waals surface area contributed by atoms with Crippen LogP contribution >= 0.6 is 31.9 Å². The standard InChI is InChI=1S/2C6H5BrO.2C5H5.Zr/c2*7-5-2-1-3-6(8)4-5;2*1-2-4-5-3-1;/h2*1-4,8H;2*1-3H,4H2;/q;;;;+2/p-2. The normalized spacial score (nSPS) is 15.6. The van der Waals surface area contributed by atoms with E-state index < -0.39 is 21.1 Å². The third-order valence-corrected chi connectivity index (χ3v) is 14.0. The zero-order valence-corrected chi connectivity index (χ0v) is 20.2. The fourth-order valence-corrected chi connectivity index (χ4v) is 12.1. The van der Waals surface area contributed by atoms with E-state index in [1.807, 2.05) is 48.5 Å². The second-order valence-electron chi connectivity index (χ2n) is 6.38. The van der Waals surface area contributed by atoms with Crippen LogP contribution in [0.15, 0.2) is 100 Å². The van der Waals surface area contributed by atoms with E-state index in [-0.39, 0.29) is 0 Å². The molecule has 2 aromatic carbocycles. The molecule has 136 valence electrons. The van der Waals surface area contributed by atoms with Crippen molar-refractivity contribution >= 4 is 31.9 Å². The van der Waals surface area contributed by atoms with E-state index in [2.05, 4.69) is 68.3 Å². The third-order valence-electron chi connectivity index (χ3n) is 4.50. The first-order valence-electron chi connectivity index (χ1n) is 8.77. The fraction of sp³-hybridized carbons (Fsp3) is 0.0909. The van der Waals surface area contributed by atoms with Gasteiger partial charge in [-0.05, 0) is 0 Å². The first kappa shape index (κ1) is 19.2. The summed E-state index contributed by atoms with van der Waals surface area (Å²) in [6, 6.07) is 16.1. The summed E-state index contributed by atoms with van der Waals surface area (Å²) in [5, 5.41) is 0. The van der Waals surface area contributed by atoms with Crippen LogP contribution in [0.1, 0.15) is 12.8 Å². The Bertz CT molecular complexity index is 896. The van der Waals surface area contributed by atoms with Gasteiger partial charge < -0.3 is 0 Å². The van der Waals surface area contributed by atoms with Crippen molar-refractivity contribution in [3.05, 3.63) is 100 Å². The molecule has 0 saturated carbocycles. The molecule has 0 fully saturated rings. The average Bonchev–Trinajstić information content (AvgIpc) is 3.36. The van der Waals surface area contributed by atoms with E-state index in [1.54, 1.807) is 0 Å². The van der Waals surface area contributed by atoms with Crippen LogP contribution in [-0.2, 0) is 21.1 Å². The van der Waals surface area contributed by atoms with Gasteiger partial charge in [0.15, 0.2) is 0 Å². The molecule has 0 N–H and O–H groups in total. The SMILES string of the molecule is Brc1cccc([O][Zr]([O]c2cccc(Br)c2)([C]2=CC=CC2)[C]2=CC=CC2)c1. The zero-order chi connectivity index (χ0) is 18.7. The first-order chi connectivity index (χ1) is 13.2. The summed E-state index contributed by atoms with van der Waals surface area (Å²) in [6.07, 6.45) is 14.7. The summed E-state index contributed by atoms with van der Waals surface area (Å²) in [6.45, 7) is 0. The van der Waals surface area contributed by atoms with E-state index in [0.29, 0.717) is 0 Å². The molecule has 0 saturated heterocycles. The van der Waals surface area contributed by atoms with Gasteiger partial charge in [-0.15, -0.1) is 0 Å². The van der Waals surface area contributed by atoms with Gasteiger partial charge in [-0.1, -0.05) is 0 Å². The Morgan fingerprint density at radius 1 is 0.704 bits per heavy atom. The predicted molar refractivity (Wildman–Crippen MR) is 113 cm³/mol. The molecule has 0 unspecified atom stereocenters. The number of benzene rings is 2. The summed E-state index contributed by atoms with van der Waals surface area (Å²) in [5.74, 6) is 1.69. The molecule has 4 rings (SSSR count). The van der Waals surface area contributed by atoms with E-state index in [9.17, 15) is 0 Å². The van der Waals surface area contributed by atoms with Gasteiger partial charge in [-0.3, -0.25) is 0 Å². The van der Waals surface area contributed by atoms with Crippen LogP contribution in [0.4, 0.5) is 0 Å². The summed E-state index contributed by atoms with van der Waals surface area (Å²) in [5.41, 5.74) is 0. The Kier molecular flexibility index (Phi) is 6.01. The van der Waals surface area contributed by atoms with Gasteiger partial charge >= 0.3 is 183 Å². The molecule has 5 heteroatoms. The van der Waals surface area contributed by atoms with Crippen molar-refractivity contribution in [1.82, 2.24) is 0 Å². The van der Waals surface area contributed by atoms with Crippen LogP contribution in [0.5, 0.6) is 11.5 Å². The van der Waals surface area contributed by atoms with Gasteiger partial charge in [0, 0.05) is 0 Å². The number of allylic oxidation sites excluding steroid dienone is 8. The van der Waals surface area contributed by atoms with Crippen molar-refractivity contribution in [3.63, 3.8) is 0 Å². The van der Waals surface area contributed by atoms with Crippen LogP contribution in [0, 0.1) is 0 Å². The molecule has 0 heterocycles. The van der Waals surface area contributed by atoms with Crippen LogP contribution in [0.25, 0.3) is 0 Å². The first-order valence-corrected chi connectivity index (χ1v) is 14.8. The Balaban J connectivity index is 1.80. The Morgan fingerprint density at radius 3 is 1.56 bits per heavy atom. The molecule has 0 atom stereocenters. The fourth-order valence-electron chi connectivity index (χ4n) is 3.26. The summed E-state index contributed by atoms with van der Waals surface area (Å²) in [4.78, 5) is 0. The maximum absolute atomic E-state index is 6.82. The Hall–Kier alpha value is -1.16. The van der Waals surface area contributed by atoms with Gasteiger partial charge in [0.05, 0.1) is 0 Å². The van der Waals surface area contributed by atoms with Crippen molar-refractivity contribution < 1.29 is 26.8 Å².